The van der Waals surface area contributed by atoms with Crippen LogP contribution in [-0.2, 0) is 8.92 Å². The second-order valence-electron chi connectivity index (χ2n) is 4.15. The molecule has 4 heteroatoms. The van der Waals surface area contributed by atoms with Gasteiger partial charge in [0.1, 0.15) is 0 Å². The molecule has 3 rings (SSSR count). The van der Waals surface area contributed by atoms with Crippen molar-refractivity contribution < 1.29 is 8.92 Å². The molecule has 0 saturated carbocycles. The molecule has 0 amide bonds. The van der Waals surface area contributed by atoms with E-state index in [1.165, 1.54) is 0 Å². The summed E-state index contributed by atoms with van der Waals surface area (Å²) in [7, 11) is -2.03. The average molecular weight is 266 g/mol. The summed E-state index contributed by atoms with van der Waals surface area (Å²) in [6.07, 6.45) is 0. The van der Waals surface area contributed by atoms with Crippen LogP contribution in [0.1, 0.15) is 0 Å². The second kappa shape index (κ2) is 4.47. The Kier molecular flexibility index (Phi) is 2.81. The summed E-state index contributed by atoms with van der Waals surface area (Å²) in [4.78, 5) is 0. The van der Waals surface area contributed by atoms with E-state index in [4.69, 9.17) is 0 Å². The lowest BCUT2D eigenvalue weighted by Gasteiger charge is -2.09. The zero-order valence-electron chi connectivity index (χ0n) is 9.59. The summed E-state index contributed by atoms with van der Waals surface area (Å²) in [5.41, 5.74) is 0. The van der Waals surface area contributed by atoms with E-state index in [9.17, 15) is 8.92 Å². The molecule has 0 aliphatic heterocycles. The van der Waals surface area contributed by atoms with Gasteiger partial charge in [0.2, 0.25) is 0 Å². The van der Waals surface area contributed by atoms with E-state index < -0.39 is 18.8 Å². The Balaban J connectivity index is 2.70. The van der Waals surface area contributed by atoms with Crippen molar-refractivity contribution >= 4 is 50.7 Å². The van der Waals surface area contributed by atoms with E-state index in [1.807, 2.05) is 48.5 Å². The van der Waals surface area contributed by atoms with Crippen molar-refractivity contribution in [3.8, 4) is 0 Å². The third-order valence-electron chi connectivity index (χ3n) is 3.25. The minimum atomic E-state index is -1.01. The van der Waals surface area contributed by atoms with Crippen molar-refractivity contribution in [3.63, 3.8) is 0 Å². The number of rotatable bonds is 2. The highest BCUT2D eigenvalue weighted by Gasteiger charge is 2.12. The smallest absolute Gasteiger partial charge is 0.297 e. The molecule has 0 aromatic heterocycles. The van der Waals surface area contributed by atoms with Crippen LogP contribution < -0.4 is 10.4 Å². The monoisotopic (exact) mass is 266 g/mol. The van der Waals surface area contributed by atoms with Crippen molar-refractivity contribution in [3.05, 3.63) is 48.5 Å². The predicted octanol–water partition coefficient (Wildman–Crippen LogP) is 0.808. The third-order valence-corrected chi connectivity index (χ3v) is 4.97. The molecule has 0 saturated heterocycles. The predicted molar refractivity (Wildman–Crippen MR) is 76.4 cm³/mol. The highest BCUT2D eigenvalue weighted by atomic mass is 28.2. The zero-order valence-corrected chi connectivity index (χ0v) is 11.9. The van der Waals surface area contributed by atoms with Crippen LogP contribution in [0.4, 0.5) is 0 Å². The first-order valence-electron chi connectivity index (χ1n) is 5.70. The fourth-order valence-corrected chi connectivity index (χ4v) is 3.96. The molecule has 0 spiro atoms. The van der Waals surface area contributed by atoms with E-state index in [0.29, 0.717) is 0 Å². The summed E-state index contributed by atoms with van der Waals surface area (Å²) >= 11 is 0. The molecule has 2 nitrogen and oxygen atoms in total. The minimum Gasteiger partial charge on any atom is -0.386 e. The van der Waals surface area contributed by atoms with Crippen molar-refractivity contribution in [1.29, 1.82) is 0 Å². The second-order valence-corrected chi connectivity index (χ2v) is 5.78. The molecule has 0 aliphatic carbocycles. The van der Waals surface area contributed by atoms with Crippen molar-refractivity contribution in [1.82, 2.24) is 0 Å². The Bertz CT molecular complexity index is 658. The van der Waals surface area contributed by atoms with Crippen LogP contribution >= 0.6 is 0 Å². The molecule has 0 fully saturated rings. The summed E-state index contributed by atoms with van der Waals surface area (Å²) in [6.45, 7) is 0. The molecule has 0 aliphatic rings. The van der Waals surface area contributed by atoms with Gasteiger partial charge in [0, 0.05) is 10.4 Å². The van der Waals surface area contributed by atoms with E-state index in [-0.39, 0.29) is 0 Å². The number of hydrogen-bond donors (Lipinski definition) is 0. The quantitative estimate of drug-likeness (QED) is 0.508. The van der Waals surface area contributed by atoms with Gasteiger partial charge in [-0.25, -0.2) is 0 Å². The lowest BCUT2D eigenvalue weighted by atomic mass is 10.0. The minimum absolute atomic E-state index is 0.887. The highest BCUT2D eigenvalue weighted by molar-refractivity contribution is 6.57. The Morgan fingerprint density at radius 3 is 1.06 bits per heavy atom. The van der Waals surface area contributed by atoms with Gasteiger partial charge in [0.25, 0.3) is 18.8 Å². The molecule has 3 aromatic carbocycles. The van der Waals surface area contributed by atoms with Gasteiger partial charge in [-0.2, -0.15) is 0 Å². The number of fused-ring (bicyclic) bond motifs is 2. The Hall–Kier alpha value is -1.79. The lowest BCUT2D eigenvalue weighted by Crippen LogP contribution is -2.19. The maximum atomic E-state index is 11.6. The van der Waals surface area contributed by atoms with Crippen LogP contribution in [0.2, 0.25) is 0 Å². The number of hydrogen-bond acceptors (Lipinski definition) is 2. The van der Waals surface area contributed by atoms with Crippen LogP contribution in [-0.4, -0.2) is 18.8 Å². The van der Waals surface area contributed by atoms with Gasteiger partial charge < -0.3 is 8.92 Å². The largest absolute Gasteiger partial charge is 0.386 e. The fraction of sp³-hybridized carbons (Fsp3) is 0. The topological polar surface area (TPSA) is 34.1 Å². The molecule has 86 valence electrons. The van der Waals surface area contributed by atoms with E-state index >= 15 is 0 Å². The van der Waals surface area contributed by atoms with Gasteiger partial charge in [-0.1, -0.05) is 48.5 Å². The summed E-state index contributed by atoms with van der Waals surface area (Å²) in [5.74, 6) is 0. The molecule has 0 unspecified atom stereocenters. The van der Waals surface area contributed by atoms with Crippen LogP contribution in [0.5, 0.6) is 0 Å². The molecular formula is C14H10O2Si2. The molecule has 0 heterocycles. The van der Waals surface area contributed by atoms with E-state index in [2.05, 4.69) is 0 Å². The van der Waals surface area contributed by atoms with Gasteiger partial charge in [0.15, 0.2) is 0 Å². The molecule has 18 heavy (non-hydrogen) atoms. The molecule has 0 bridgehead atoms. The standard InChI is InChI=1S/C14H10O2Si2/c15-17-13-9-5-1-2-6-10(9)14(18-16)12-8-4-3-7-11(12)13/h1-8,17-18H. The number of benzene rings is 3. The van der Waals surface area contributed by atoms with Gasteiger partial charge in [-0.3, -0.25) is 0 Å². The molecule has 0 radical (unpaired) electrons. The fourth-order valence-electron chi connectivity index (χ4n) is 2.45. The summed E-state index contributed by atoms with van der Waals surface area (Å²) in [6, 6.07) is 15.6. The molecule has 0 atom stereocenters. The van der Waals surface area contributed by atoms with Crippen molar-refractivity contribution in [2.24, 2.45) is 0 Å². The van der Waals surface area contributed by atoms with E-state index in [1.54, 1.807) is 0 Å². The lowest BCUT2D eigenvalue weighted by molar-refractivity contribution is 0.582. The first-order chi connectivity index (χ1) is 8.86. The first kappa shape index (κ1) is 11.3. The molecule has 0 N–H and O–H groups in total. The van der Waals surface area contributed by atoms with Crippen LogP contribution in [0.25, 0.3) is 21.5 Å². The third kappa shape index (κ3) is 1.53. The van der Waals surface area contributed by atoms with Crippen molar-refractivity contribution in [2.45, 2.75) is 0 Å². The normalized spacial score (nSPS) is 10.7. The van der Waals surface area contributed by atoms with Gasteiger partial charge in [0.05, 0.1) is 0 Å². The first-order valence-corrected chi connectivity index (χ1v) is 7.80. The maximum Gasteiger partial charge on any atom is 0.297 e. The van der Waals surface area contributed by atoms with Gasteiger partial charge in [-0.15, -0.1) is 0 Å². The molecular weight excluding hydrogens is 256 g/mol. The van der Waals surface area contributed by atoms with Gasteiger partial charge >= 0.3 is 0 Å². The van der Waals surface area contributed by atoms with Crippen LogP contribution in [0.3, 0.4) is 0 Å². The summed E-state index contributed by atoms with van der Waals surface area (Å²) < 4.78 is 23.1. The van der Waals surface area contributed by atoms with E-state index in [0.717, 1.165) is 31.9 Å². The average Bonchev–Trinajstić information content (AvgIpc) is 2.44. The maximum absolute atomic E-state index is 11.6. The Morgan fingerprint density at radius 1 is 0.556 bits per heavy atom. The molecule has 3 aromatic rings. The van der Waals surface area contributed by atoms with Crippen LogP contribution in [0, 0.1) is 0 Å². The van der Waals surface area contributed by atoms with Gasteiger partial charge in [-0.05, 0) is 21.5 Å². The van der Waals surface area contributed by atoms with Crippen LogP contribution in [0.15, 0.2) is 48.5 Å². The highest BCUT2D eigenvalue weighted by Crippen LogP contribution is 2.17. The van der Waals surface area contributed by atoms with Crippen molar-refractivity contribution in [2.75, 3.05) is 0 Å². The zero-order chi connectivity index (χ0) is 12.5. The Morgan fingerprint density at radius 2 is 0.833 bits per heavy atom. The SMILES string of the molecule is O=[SiH]c1c2ccccc2c([SiH]=O)c2ccccc12. The summed E-state index contributed by atoms with van der Waals surface area (Å²) in [5, 5.41) is 5.66. The Labute approximate surface area is 108 Å².